The number of rotatable bonds is 7. The molecule has 1 amide bonds. The van der Waals surface area contributed by atoms with Gasteiger partial charge in [-0.2, -0.15) is 0 Å². The van der Waals surface area contributed by atoms with Gasteiger partial charge in [-0.15, -0.1) is 11.3 Å². The van der Waals surface area contributed by atoms with Crippen LogP contribution in [0.4, 0.5) is 4.39 Å². The summed E-state index contributed by atoms with van der Waals surface area (Å²) < 4.78 is 26.9. The number of amides is 1. The molecule has 2 aromatic carbocycles. The summed E-state index contributed by atoms with van der Waals surface area (Å²) in [7, 11) is 2.99. The summed E-state index contributed by atoms with van der Waals surface area (Å²) in [5, 5.41) is 5.23. The number of methoxy groups -OCH3 is 2. The van der Waals surface area contributed by atoms with Gasteiger partial charge in [0.15, 0.2) is 17.3 Å². The first-order chi connectivity index (χ1) is 17.0. The van der Waals surface area contributed by atoms with Crippen molar-refractivity contribution >= 4 is 38.6 Å². The lowest BCUT2D eigenvalue weighted by molar-refractivity contribution is 0.0899. The minimum Gasteiger partial charge on any atom is -0.493 e. The summed E-state index contributed by atoms with van der Waals surface area (Å²) in [4.78, 5) is 30.4. The first kappa shape index (κ1) is 22.5. The summed E-state index contributed by atoms with van der Waals surface area (Å²) in [5.74, 6) is -0.000713. The lowest BCUT2D eigenvalue weighted by Crippen LogP contribution is -2.30. The highest BCUT2D eigenvalue weighted by Crippen LogP contribution is 2.37. The quantitative estimate of drug-likeness (QED) is 0.326. The van der Waals surface area contributed by atoms with Crippen molar-refractivity contribution in [2.75, 3.05) is 20.8 Å². The van der Waals surface area contributed by atoms with Gasteiger partial charge in [-0.3, -0.25) is 14.0 Å². The molecule has 0 radical (unpaired) electrons. The molecule has 5 aromatic rings. The minimum absolute atomic E-state index is 0.180. The van der Waals surface area contributed by atoms with Crippen molar-refractivity contribution < 1.29 is 23.5 Å². The number of hydrogen-bond donors (Lipinski definition) is 1. The van der Waals surface area contributed by atoms with Crippen molar-refractivity contribution in [3.63, 3.8) is 0 Å². The third-order valence-electron chi connectivity index (χ3n) is 5.66. The van der Waals surface area contributed by atoms with E-state index in [0.29, 0.717) is 33.0 Å². The number of pyridine rings is 1. The van der Waals surface area contributed by atoms with Crippen LogP contribution in [-0.4, -0.2) is 41.8 Å². The fraction of sp³-hybridized carbons (Fsp3) is 0.115. The van der Waals surface area contributed by atoms with Gasteiger partial charge in [0.2, 0.25) is 5.78 Å². The van der Waals surface area contributed by atoms with Crippen LogP contribution < -0.4 is 14.8 Å². The number of ketones is 1. The molecule has 176 valence electrons. The number of benzene rings is 2. The van der Waals surface area contributed by atoms with E-state index in [2.05, 4.69) is 10.3 Å². The number of imidazole rings is 1. The number of carbonyl (C=O) groups excluding carboxylic acids is 2. The van der Waals surface area contributed by atoms with E-state index in [0.717, 1.165) is 10.9 Å². The van der Waals surface area contributed by atoms with Gasteiger partial charge in [-0.25, -0.2) is 9.37 Å². The Morgan fingerprint density at radius 3 is 2.69 bits per heavy atom. The normalized spacial score (nSPS) is 11.1. The molecule has 0 spiro atoms. The number of nitrogens with zero attached hydrogens (tertiary/aromatic N) is 2. The summed E-state index contributed by atoms with van der Waals surface area (Å²) in [6.45, 7) is -0.250. The van der Waals surface area contributed by atoms with Crippen LogP contribution in [0.5, 0.6) is 11.5 Å². The van der Waals surface area contributed by atoms with Gasteiger partial charge >= 0.3 is 0 Å². The number of aromatic nitrogens is 2. The number of Topliss-reactive ketones (excluding diaryl/α,β-unsaturated/α-hetero) is 1. The molecular formula is C26H20FN3O4S. The number of hydrogen-bond acceptors (Lipinski definition) is 6. The van der Waals surface area contributed by atoms with Gasteiger partial charge in [0.25, 0.3) is 5.91 Å². The molecule has 0 bridgehead atoms. The molecule has 5 rings (SSSR count). The Morgan fingerprint density at radius 2 is 1.89 bits per heavy atom. The molecule has 1 N–H and O–H groups in total. The predicted octanol–water partition coefficient (Wildman–Crippen LogP) is 4.99. The topological polar surface area (TPSA) is 81.9 Å². The van der Waals surface area contributed by atoms with Gasteiger partial charge in [-0.1, -0.05) is 18.2 Å². The van der Waals surface area contributed by atoms with Crippen LogP contribution in [-0.2, 0) is 0 Å². The maximum absolute atomic E-state index is 14.2. The van der Waals surface area contributed by atoms with Gasteiger partial charge in [-0.05, 0) is 36.4 Å². The highest BCUT2D eigenvalue weighted by Gasteiger charge is 2.21. The molecule has 0 aliphatic carbocycles. The monoisotopic (exact) mass is 489 g/mol. The molecule has 3 aromatic heterocycles. The molecule has 0 fully saturated rings. The molecule has 0 aliphatic heterocycles. The van der Waals surface area contributed by atoms with Crippen molar-refractivity contribution in [2.24, 2.45) is 0 Å². The van der Waals surface area contributed by atoms with Crippen LogP contribution in [0.2, 0.25) is 0 Å². The highest BCUT2D eigenvalue weighted by atomic mass is 32.1. The maximum Gasteiger partial charge on any atom is 0.251 e. The summed E-state index contributed by atoms with van der Waals surface area (Å²) in [6, 6.07) is 15.2. The largest absolute Gasteiger partial charge is 0.493 e. The number of fused-ring (bicyclic) bond motifs is 2. The SMILES string of the molecule is COc1ccc(C(=O)NCC(=O)c2nc(-c3csc4c(F)cccc34)c3ccccn23)cc1OC. The second kappa shape index (κ2) is 9.19. The Bertz CT molecular complexity index is 1590. The molecule has 35 heavy (non-hydrogen) atoms. The van der Waals surface area contributed by atoms with E-state index in [1.165, 1.54) is 31.6 Å². The van der Waals surface area contributed by atoms with Crippen LogP contribution in [0.1, 0.15) is 21.0 Å². The zero-order valence-electron chi connectivity index (χ0n) is 18.9. The summed E-state index contributed by atoms with van der Waals surface area (Å²) in [6.07, 6.45) is 1.74. The van der Waals surface area contributed by atoms with E-state index in [1.54, 1.807) is 40.9 Å². The minimum atomic E-state index is -0.431. The first-order valence-electron chi connectivity index (χ1n) is 10.7. The van der Waals surface area contributed by atoms with Crippen LogP contribution in [0, 0.1) is 5.82 Å². The summed E-state index contributed by atoms with van der Waals surface area (Å²) in [5.41, 5.74) is 2.38. The standard InChI is InChI=1S/C26H20FN3O4S/c1-33-21-10-9-15(12-22(21)34-2)26(32)28-13-20(31)25-29-23(19-8-3-4-11-30(19)25)17-14-35-24-16(17)6-5-7-18(24)27/h3-12,14H,13H2,1-2H3,(H,28,32). The molecule has 0 aliphatic rings. The zero-order chi connectivity index (χ0) is 24.5. The Balaban J connectivity index is 1.44. The van der Waals surface area contributed by atoms with E-state index in [1.807, 2.05) is 23.6 Å². The molecule has 3 heterocycles. The zero-order valence-corrected chi connectivity index (χ0v) is 19.7. The first-order valence-corrected chi connectivity index (χ1v) is 11.6. The lowest BCUT2D eigenvalue weighted by Gasteiger charge is -2.09. The Labute approximate surface area is 203 Å². The predicted molar refractivity (Wildman–Crippen MR) is 132 cm³/mol. The van der Waals surface area contributed by atoms with Crippen LogP contribution in [0.25, 0.3) is 26.9 Å². The van der Waals surface area contributed by atoms with Crippen LogP contribution >= 0.6 is 11.3 Å². The second-order valence-electron chi connectivity index (χ2n) is 7.68. The maximum atomic E-state index is 14.2. The Hall–Kier alpha value is -4.24. The third kappa shape index (κ3) is 4.00. The number of halogens is 1. The molecule has 0 atom stereocenters. The van der Waals surface area contributed by atoms with E-state index < -0.39 is 5.91 Å². The van der Waals surface area contributed by atoms with E-state index in [4.69, 9.17) is 9.47 Å². The van der Waals surface area contributed by atoms with Crippen molar-refractivity contribution in [2.45, 2.75) is 0 Å². The average molecular weight is 490 g/mol. The fourth-order valence-corrected chi connectivity index (χ4v) is 4.92. The van der Waals surface area contributed by atoms with Gasteiger partial charge in [0, 0.05) is 28.1 Å². The van der Waals surface area contributed by atoms with Crippen molar-refractivity contribution in [1.29, 1.82) is 0 Å². The number of nitrogens with one attached hydrogen (secondary N) is 1. The lowest BCUT2D eigenvalue weighted by atomic mass is 10.1. The molecule has 0 saturated heterocycles. The molecule has 0 unspecified atom stereocenters. The van der Waals surface area contributed by atoms with E-state index in [9.17, 15) is 14.0 Å². The fourth-order valence-electron chi connectivity index (χ4n) is 3.96. The summed E-state index contributed by atoms with van der Waals surface area (Å²) >= 11 is 1.29. The van der Waals surface area contributed by atoms with Crippen LogP contribution in [0.15, 0.2) is 66.2 Å². The molecular weight excluding hydrogens is 469 g/mol. The Morgan fingerprint density at radius 1 is 1.06 bits per heavy atom. The number of ether oxygens (including phenoxy) is 2. The van der Waals surface area contributed by atoms with Gasteiger partial charge < -0.3 is 14.8 Å². The molecule has 0 saturated carbocycles. The number of carbonyl (C=O) groups is 2. The van der Waals surface area contributed by atoms with Gasteiger partial charge in [0.05, 0.1) is 36.7 Å². The van der Waals surface area contributed by atoms with E-state index >= 15 is 0 Å². The highest BCUT2D eigenvalue weighted by molar-refractivity contribution is 7.17. The average Bonchev–Trinajstić information content (AvgIpc) is 3.49. The smallest absolute Gasteiger partial charge is 0.251 e. The Kier molecular flexibility index (Phi) is 5.92. The second-order valence-corrected chi connectivity index (χ2v) is 8.56. The van der Waals surface area contributed by atoms with Gasteiger partial charge in [0.1, 0.15) is 5.82 Å². The van der Waals surface area contributed by atoms with Crippen molar-refractivity contribution in [3.8, 4) is 22.8 Å². The molecule has 7 nitrogen and oxygen atoms in total. The van der Waals surface area contributed by atoms with Crippen molar-refractivity contribution in [3.05, 3.63) is 83.4 Å². The third-order valence-corrected chi connectivity index (χ3v) is 6.66. The van der Waals surface area contributed by atoms with Crippen molar-refractivity contribution in [1.82, 2.24) is 14.7 Å². The van der Waals surface area contributed by atoms with Crippen LogP contribution in [0.3, 0.4) is 0 Å². The molecule has 9 heteroatoms. The number of thiophene rings is 1. The van der Waals surface area contributed by atoms with E-state index in [-0.39, 0.29) is 24.0 Å².